The summed E-state index contributed by atoms with van der Waals surface area (Å²) in [5.74, 6) is -1.13. The molecule has 0 radical (unpaired) electrons. The number of amides is 1. The predicted octanol–water partition coefficient (Wildman–Crippen LogP) is 2.10. The topological polar surface area (TPSA) is 117 Å². The second-order valence-corrected chi connectivity index (χ2v) is 6.55. The number of hydrogen-bond donors (Lipinski definition) is 3. The van der Waals surface area contributed by atoms with E-state index in [-0.39, 0.29) is 28.4 Å². The van der Waals surface area contributed by atoms with Gasteiger partial charge in [0, 0.05) is 0 Å². The van der Waals surface area contributed by atoms with Gasteiger partial charge < -0.3 is 5.11 Å². The highest BCUT2D eigenvalue weighted by Gasteiger charge is 2.18. The number of hydrogen-bond acceptors (Lipinski definition) is 5. The molecule has 0 spiro atoms. The van der Waals surface area contributed by atoms with Crippen LogP contribution in [-0.4, -0.2) is 26.3 Å². The molecule has 1 heterocycles. The molecule has 3 aromatic rings. The van der Waals surface area contributed by atoms with Crippen molar-refractivity contribution in [2.75, 3.05) is 0 Å². The number of H-pyrrole nitrogens is 1. The zero-order valence-corrected chi connectivity index (χ0v) is 16.1. The standard InChI is InChI=1S/C20H17ClN4O4/c1-12(23-24-17(26)14-9-5-6-10-15(14)21)16-18(27)22-20(29)25(19(16)28)11-13-7-3-2-4-8-13/h2-10,28H,11H2,1H3,(H,24,26)(H,22,27,29)/b23-12+. The summed E-state index contributed by atoms with van der Waals surface area (Å²) in [7, 11) is 0. The molecule has 0 aliphatic carbocycles. The minimum absolute atomic E-state index is 0.0194. The maximum Gasteiger partial charge on any atom is 0.331 e. The highest BCUT2D eigenvalue weighted by molar-refractivity contribution is 6.33. The molecule has 0 saturated carbocycles. The zero-order chi connectivity index (χ0) is 21.0. The Bertz CT molecular complexity index is 1200. The monoisotopic (exact) mass is 412 g/mol. The van der Waals surface area contributed by atoms with E-state index in [2.05, 4.69) is 15.5 Å². The summed E-state index contributed by atoms with van der Waals surface area (Å²) in [4.78, 5) is 38.8. The van der Waals surface area contributed by atoms with Gasteiger partial charge in [-0.25, -0.2) is 10.2 Å². The third-order valence-electron chi connectivity index (χ3n) is 4.16. The van der Waals surface area contributed by atoms with Crippen molar-refractivity contribution >= 4 is 23.2 Å². The van der Waals surface area contributed by atoms with Crippen molar-refractivity contribution in [2.45, 2.75) is 13.5 Å². The average molecular weight is 413 g/mol. The predicted molar refractivity (Wildman–Crippen MR) is 110 cm³/mol. The van der Waals surface area contributed by atoms with Gasteiger partial charge in [-0.3, -0.25) is 19.1 Å². The molecule has 3 N–H and O–H groups in total. The summed E-state index contributed by atoms with van der Waals surface area (Å²) in [6, 6.07) is 15.4. The number of benzene rings is 2. The van der Waals surface area contributed by atoms with Crippen molar-refractivity contribution in [1.82, 2.24) is 15.0 Å². The first-order valence-electron chi connectivity index (χ1n) is 8.58. The van der Waals surface area contributed by atoms with Crippen LogP contribution < -0.4 is 16.7 Å². The number of aromatic hydroxyl groups is 1. The molecule has 2 aromatic carbocycles. The van der Waals surface area contributed by atoms with Gasteiger partial charge in [0.05, 0.1) is 22.8 Å². The molecule has 9 heteroatoms. The minimum atomic E-state index is -0.815. The van der Waals surface area contributed by atoms with E-state index in [0.29, 0.717) is 0 Å². The lowest BCUT2D eigenvalue weighted by atomic mass is 10.2. The molecule has 0 atom stereocenters. The van der Waals surface area contributed by atoms with Gasteiger partial charge in [-0.05, 0) is 24.6 Å². The maximum atomic E-state index is 12.2. The Kier molecular flexibility index (Phi) is 5.94. The van der Waals surface area contributed by atoms with Crippen LogP contribution in [0.2, 0.25) is 5.02 Å². The van der Waals surface area contributed by atoms with E-state index in [9.17, 15) is 19.5 Å². The lowest BCUT2D eigenvalue weighted by molar-refractivity contribution is 0.0955. The number of nitrogens with one attached hydrogen (secondary N) is 2. The van der Waals surface area contributed by atoms with E-state index in [4.69, 9.17) is 11.6 Å². The van der Waals surface area contributed by atoms with Crippen molar-refractivity contribution in [3.63, 3.8) is 0 Å². The quantitative estimate of drug-likeness (QED) is 0.439. The number of hydrazone groups is 1. The number of aromatic amines is 1. The maximum absolute atomic E-state index is 12.2. The molecule has 0 bridgehead atoms. The Balaban J connectivity index is 1.93. The van der Waals surface area contributed by atoms with Crippen molar-refractivity contribution < 1.29 is 9.90 Å². The average Bonchev–Trinajstić information content (AvgIpc) is 2.70. The molecule has 1 aromatic heterocycles. The Morgan fingerprint density at radius 3 is 2.48 bits per heavy atom. The van der Waals surface area contributed by atoms with E-state index in [1.54, 1.807) is 42.5 Å². The Morgan fingerprint density at radius 2 is 1.79 bits per heavy atom. The largest absolute Gasteiger partial charge is 0.494 e. The summed E-state index contributed by atoms with van der Waals surface area (Å²) in [6.45, 7) is 1.48. The third kappa shape index (κ3) is 4.44. The molecule has 0 aliphatic heterocycles. The first-order valence-corrected chi connectivity index (χ1v) is 8.96. The van der Waals surface area contributed by atoms with E-state index < -0.39 is 23.0 Å². The molecule has 0 unspecified atom stereocenters. The van der Waals surface area contributed by atoms with Crippen LogP contribution in [0.5, 0.6) is 5.88 Å². The van der Waals surface area contributed by atoms with Gasteiger partial charge >= 0.3 is 5.69 Å². The number of halogens is 1. The van der Waals surface area contributed by atoms with Gasteiger partial charge in [-0.1, -0.05) is 54.1 Å². The molecular formula is C20H17ClN4O4. The van der Waals surface area contributed by atoms with Crippen LogP contribution in [0, 0.1) is 0 Å². The minimum Gasteiger partial charge on any atom is -0.494 e. The van der Waals surface area contributed by atoms with E-state index >= 15 is 0 Å². The number of carbonyl (C=O) groups is 1. The van der Waals surface area contributed by atoms with E-state index in [1.165, 1.54) is 13.0 Å². The van der Waals surface area contributed by atoms with Gasteiger partial charge in [-0.2, -0.15) is 5.10 Å². The molecular weight excluding hydrogens is 396 g/mol. The van der Waals surface area contributed by atoms with Gasteiger partial charge in [-0.15, -0.1) is 0 Å². The summed E-state index contributed by atoms with van der Waals surface area (Å²) in [5, 5.41) is 14.7. The Labute approximate surface area is 170 Å². The second kappa shape index (κ2) is 8.57. The Hall–Kier alpha value is -3.65. The third-order valence-corrected chi connectivity index (χ3v) is 4.49. The molecule has 0 aliphatic rings. The van der Waals surface area contributed by atoms with Crippen molar-refractivity contribution in [1.29, 1.82) is 0 Å². The Morgan fingerprint density at radius 1 is 1.14 bits per heavy atom. The van der Waals surface area contributed by atoms with Gasteiger partial charge in [0.1, 0.15) is 5.56 Å². The van der Waals surface area contributed by atoms with Gasteiger partial charge in [0.25, 0.3) is 11.5 Å². The lowest BCUT2D eigenvalue weighted by Crippen LogP contribution is -2.34. The number of nitrogens with zero attached hydrogens (tertiary/aromatic N) is 2. The highest BCUT2D eigenvalue weighted by Crippen LogP contribution is 2.15. The van der Waals surface area contributed by atoms with Gasteiger partial charge in [0.2, 0.25) is 5.88 Å². The normalized spacial score (nSPS) is 11.3. The second-order valence-electron chi connectivity index (χ2n) is 6.15. The van der Waals surface area contributed by atoms with Crippen LogP contribution >= 0.6 is 11.6 Å². The summed E-state index contributed by atoms with van der Waals surface area (Å²) in [5.41, 5.74) is 1.48. The van der Waals surface area contributed by atoms with E-state index in [0.717, 1.165) is 10.1 Å². The van der Waals surface area contributed by atoms with Crippen LogP contribution in [0.4, 0.5) is 0 Å². The fourth-order valence-electron chi connectivity index (χ4n) is 2.69. The molecule has 8 nitrogen and oxygen atoms in total. The molecule has 3 rings (SSSR count). The van der Waals surface area contributed by atoms with Crippen LogP contribution in [0.25, 0.3) is 0 Å². The number of rotatable bonds is 5. The first kappa shape index (κ1) is 20.1. The summed E-state index contributed by atoms with van der Waals surface area (Å²) >= 11 is 5.97. The lowest BCUT2D eigenvalue weighted by Gasteiger charge is -2.11. The number of aromatic nitrogens is 2. The fraction of sp³-hybridized carbons (Fsp3) is 0.100. The number of carbonyl (C=O) groups excluding carboxylic acids is 1. The van der Waals surface area contributed by atoms with Gasteiger partial charge in [0.15, 0.2) is 0 Å². The first-order chi connectivity index (χ1) is 13.9. The van der Waals surface area contributed by atoms with Crippen LogP contribution in [-0.2, 0) is 6.54 Å². The van der Waals surface area contributed by atoms with E-state index in [1.807, 2.05) is 6.07 Å². The fourth-order valence-corrected chi connectivity index (χ4v) is 2.92. The van der Waals surface area contributed by atoms with Crippen LogP contribution in [0.1, 0.15) is 28.4 Å². The summed E-state index contributed by atoms with van der Waals surface area (Å²) in [6.07, 6.45) is 0. The smallest absolute Gasteiger partial charge is 0.331 e. The highest BCUT2D eigenvalue weighted by atomic mass is 35.5. The SMILES string of the molecule is C/C(=N\NC(=O)c1ccccc1Cl)c1c(O)n(Cc2ccccc2)c(=O)[nH]c1=O. The van der Waals surface area contributed by atoms with Crippen molar-refractivity contribution in [2.24, 2.45) is 5.10 Å². The van der Waals surface area contributed by atoms with Crippen molar-refractivity contribution in [3.8, 4) is 5.88 Å². The molecule has 29 heavy (non-hydrogen) atoms. The molecule has 0 saturated heterocycles. The van der Waals surface area contributed by atoms with Crippen molar-refractivity contribution in [3.05, 3.63) is 97.1 Å². The molecule has 148 valence electrons. The molecule has 1 amide bonds. The van der Waals surface area contributed by atoms with Crippen LogP contribution in [0.3, 0.4) is 0 Å². The zero-order valence-electron chi connectivity index (χ0n) is 15.3. The molecule has 0 fully saturated rings. The van der Waals surface area contributed by atoms with Crippen LogP contribution in [0.15, 0.2) is 69.3 Å². The summed E-state index contributed by atoms with van der Waals surface area (Å²) < 4.78 is 1.01.